The van der Waals surface area contributed by atoms with E-state index < -0.39 is 18.5 Å². The van der Waals surface area contributed by atoms with Gasteiger partial charge in [0.2, 0.25) is 0 Å². The van der Waals surface area contributed by atoms with Crippen LogP contribution in [-0.2, 0) is 20.7 Å². The number of thiophene rings is 1. The molecule has 6 nitrogen and oxygen atoms in total. The molecule has 0 atom stereocenters. The van der Waals surface area contributed by atoms with E-state index in [1.807, 2.05) is 17.5 Å². The van der Waals surface area contributed by atoms with Crippen LogP contribution in [0.2, 0.25) is 0 Å². The highest BCUT2D eigenvalue weighted by Gasteiger charge is 2.14. The van der Waals surface area contributed by atoms with Crippen LogP contribution < -0.4 is 5.32 Å². The maximum atomic E-state index is 12.0. The fourth-order valence-corrected chi connectivity index (χ4v) is 3.97. The van der Waals surface area contributed by atoms with Crippen molar-refractivity contribution in [3.05, 3.63) is 58.4 Å². The van der Waals surface area contributed by atoms with Gasteiger partial charge in [-0.15, -0.1) is 22.7 Å². The van der Waals surface area contributed by atoms with Crippen LogP contribution in [0, 0.1) is 0 Å². The zero-order chi connectivity index (χ0) is 19.2. The Bertz CT molecular complexity index is 964. The summed E-state index contributed by atoms with van der Waals surface area (Å²) in [6.45, 7) is 0.996. The number of ketones is 1. The first-order valence-corrected chi connectivity index (χ1v) is 9.82. The predicted octanol–water partition coefficient (Wildman–Crippen LogP) is 3.80. The molecule has 0 aliphatic heterocycles. The first-order valence-electron chi connectivity index (χ1n) is 8.06. The molecule has 138 valence electrons. The summed E-state index contributed by atoms with van der Waals surface area (Å²) in [4.78, 5) is 41.0. The second-order valence-electron chi connectivity index (χ2n) is 5.61. The summed E-state index contributed by atoms with van der Waals surface area (Å²) in [7, 11) is 0. The number of amides is 1. The van der Waals surface area contributed by atoms with Crippen LogP contribution in [0.3, 0.4) is 0 Å². The number of carbonyl (C=O) groups is 3. The molecule has 1 amide bonds. The molecule has 0 aliphatic rings. The Morgan fingerprint density at radius 2 is 1.93 bits per heavy atom. The number of aromatic nitrogens is 1. The van der Waals surface area contributed by atoms with Gasteiger partial charge in [0.25, 0.3) is 5.91 Å². The minimum atomic E-state index is -0.534. The van der Waals surface area contributed by atoms with Crippen LogP contribution in [-0.4, -0.2) is 29.3 Å². The van der Waals surface area contributed by atoms with Gasteiger partial charge in [-0.3, -0.25) is 14.4 Å². The van der Waals surface area contributed by atoms with E-state index in [1.165, 1.54) is 18.3 Å². The monoisotopic (exact) mass is 400 g/mol. The lowest BCUT2D eigenvalue weighted by Gasteiger charge is -2.09. The van der Waals surface area contributed by atoms with Gasteiger partial charge in [-0.1, -0.05) is 18.2 Å². The van der Waals surface area contributed by atoms with E-state index in [0.29, 0.717) is 16.9 Å². The van der Waals surface area contributed by atoms with Gasteiger partial charge in [-0.05, 0) is 30.5 Å². The second-order valence-corrected chi connectivity index (χ2v) is 7.41. The molecule has 2 aromatic heterocycles. The number of carbonyl (C=O) groups excluding carboxylic acids is 3. The number of ether oxygens (including phenoxy) is 1. The number of anilines is 1. The Morgan fingerprint density at radius 3 is 2.67 bits per heavy atom. The lowest BCUT2D eigenvalue weighted by molar-refractivity contribution is -0.146. The smallest absolute Gasteiger partial charge is 0.312 e. The number of hydrogen-bond donors (Lipinski definition) is 1. The normalized spacial score (nSPS) is 10.4. The number of Topliss-reactive ketones (excluding diaryl/α,β-unsaturated/α-hetero) is 1. The summed E-state index contributed by atoms with van der Waals surface area (Å²) in [5.41, 5.74) is 1.41. The second kappa shape index (κ2) is 8.70. The van der Waals surface area contributed by atoms with E-state index in [4.69, 9.17) is 4.74 Å². The molecule has 0 fully saturated rings. The van der Waals surface area contributed by atoms with E-state index in [9.17, 15) is 14.4 Å². The molecule has 2 heterocycles. The molecular weight excluding hydrogens is 384 g/mol. The van der Waals surface area contributed by atoms with Crippen LogP contribution in [0.15, 0.2) is 47.2 Å². The van der Waals surface area contributed by atoms with Crippen molar-refractivity contribution in [2.45, 2.75) is 13.3 Å². The molecule has 27 heavy (non-hydrogen) atoms. The lowest BCUT2D eigenvalue weighted by atomic mass is 10.1. The molecule has 0 saturated carbocycles. The minimum Gasteiger partial charge on any atom is -0.455 e. The quantitative estimate of drug-likeness (QED) is 0.482. The fourth-order valence-electron chi connectivity index (χ4n) is 2.33. The number of nitrogens with one attached hydrogen (secondary N) is 1. The maximum absolute atomic E-state index is 12.0. The number of hydrogen-bond acceptors (Lipinski definition) is 7. The predicted molar refractivity (Wildman–Crippen MR) is 105 cm³/mol. The summed E-state index contributed by atoms with van der Waals surface area (Å²) in [5, 5.41) is 7.21. The fraction of sp³-hybridized carbons (Fsp3) is 0.158. The molecule has 1 N–H and O–H groups in total. The third-order valence-corrected chi connectivity index (χ3v) is 5.48. The number of rotatable bonds is 7. The number of esters is 1. The largest absolute Gasteiger partial charge is 0.455 e. The number of benzene rings is 1. The van der Waals surface area contributed by atoms with E-state index >= 15 is 0 Å². The Hall–Kier alpha value is -2.84. The summed E-state index contributed by atoms with van der Waals surface area (Å²) in [5.74, 6) is -1.20. The molecule has 0 spiro atoms. The van der Waals surface area contributed by atoms with E-state index in [2.05, 4.69) is 10.3 Å². The first kappa shape index (κ1) is 18.9. The molecular formula is C19H16N2O4S2. The minimum absolute atomic E-state index is 0.000805. The van der Waals surface area contributed by atoms with Gasteiger partial charge in [-0.2, -0.15) is 0 Å². The van der Waals surface area contributed by atoms with Gasteiger partial charge in [0, 0.05) is 10.9 Å². The highest BCUT2D eigenvalue weighted by Crippen LogP contribution is 2.27. The van der Waals surface area contributed by atoms with Gasteiger partial charge < -0.3 is 10.1 Å². The van der Waals surface area contributed by atoms with Crippen LogP contribution in [0.1, 0.15) is 23.0 Å². The van der Waals surface area contributed by atoms with Gasteiger partial charge in [0.1, 0.15) is 5.01 Å². The van der Waals surface area contributed by atoms with E-state index in [0.717, 1.165) is 9.88 Å². The van der Waals surface area contributed by atoms with Crippen molar-refractivity contribution in [1.29, 1.82) is 0 Å². The van der Waals surface area contributed by atoms with Gasteiger partial charge in [0.15, 0.2) is 12.4 Å². The number of para-hydroxylation sites is 1. The molecule has 1 aromatic carbocycles. The molecule has 0 aliphatic carbocycles. The van der Waals surface area contributed by atoms with Crippen molar-refractivity contribution in [1.82, 2.24) is 4.98 Å². The maximum Gasteiger partial charge on any atom is 0.312 e. The van der Waals surface area contributed by atoms with Crippen LogP contribution >= 0.6 is 22.7 Å². The van der Waals surface area contributed by atoms with Gasteiger partial charge in [-0.25, -0.2) is 4.98 Å². The van der Waals surface area contributed by atoms with Gasteiger partial charge >= 0.3 is 5.97 Å². The van der Waals surface area contributed by atoms with Crippen molar-refractivity contribution >= 4 is 46.0 Å². The Labute approximate surface area is 163 Å². The molecule has 0 saturated heterocycles. The SMILES string of the molecule is CC(=O)c1ccccc1NC(=O)COC(=O)Cc1csc(-c2cccs2)n1. The zero-order valence-corrected chi connectivity index (χ0v) is 16.1. The molecule has 3 aromatic rings. The molecule has 0 bridgehead atoms. The van der Waals surface area contributed by atoms with Crippen molar-refractivity contribution in [3.63, 3.8) is 0 Å². The Morgan fingerprint density at radius 1 is 1.11 bits per heavy atom. The lowest BCUT2D eigenvalue weighted by Crippen LogP contribution is -2.22. The van der Waals surface area contributed by atoms with Gasteiger partial charge in [0.05, 0.1) is 22.7 Å². The summed E-state index contributed by atoms with van der Waals surface area (Å²) >= 11 is 3.04. The Balaban J connectivity index is 1.51. The Kier molecular flexibility index (Phi) is 6.10. The van der Waals surface area contributed by atoms with Crippen LogP contribution in [0.5, 0.6) is 0 Å². The van der Waals surface area contributed by atoms with Crippen LogP contribution in [0.4, 0.5) is 5.69 Å². The van der Waals surface area contributed by atoms with Crippen molar-refractivity contribution < 1.29 is 19.1 Å². The average Bonchev–Trinajstić information content (AvgIpc) is 3.32. The topological polar surface area (TPSA) is 85.4 Å². The summed E-state index contributed by atoms with van der Waals surface area (Å²) in [6.07, 6.45) is -0.000805. The number of thiazole rings is 1. The third kappa shape index (κ3) is 5.08. The first-order chi connectivity index (χ1) is 13.0. The molecule has 0 radical (unpaired) electrons. The highest BCUT2D eigenvalue weighted by molar-refractivity contribution is 7.20. The van der Waals surface area contributed by atoms with Crippen molar-refractivity contribution in [2.24, 2.45) is 0 Å². The third-order valence-electron chi connectivity index (χ3n) is 3.55. The summed E-state index contributed by atoms with van der Waals surface area (Å²) in [6, 6.07) is 10.6. The summed E-state index contributed by atoms with van der Waals surface area (Å²) < 4.78 is 5.01. The average molecular weight is 400 g/mol. The number of nitrogens with zero attached hydrogens (tertiary/aromatic N) is 1. The van der Waals surface area contributed by atoms with Crippen molar-refractivity contribution in [2.75, 3.05) is 11.9 Å². The van der Waals surface area contributed by atoms with E-state index in [1.54, 1.807) is 41.0 Å². The highest BCUT2D eigenvalue weighted by atomic mass is 32.1. The standard InChI is InChI=1S/C19H16N2O4S2/c1-12(22)14-5-2-3-6-15(14)21-17(23)10-25-18(24)9-13-11-27-19(20-13)16-7-4-8-26-16/h2-8,11H,9-10H2,1H3,(H,21,23). The molecule has 0 unspecified atom stereocenters. The van der Waals surface area contributed by atoms with Crippen LogP contribution in [0.25, 0.3) is 9.88 Å². The molecule has 3 rings (SSSR count). The van der Waals surface area contributed by atoms with E-state index in [-0.39, 0.29) is 12.2 Å². The van der Waals surface area contributed by atoms with Crippen molar-refractivity contribution in [3.8, 4) is 9.88 Å². The zero-order valence-electron chi connectivity index (χ0n) is 14.4. The molecule has 8 heteroatoms.